The molecule has 21 heavy (non-hydrogen) atoms. The van der Waals surface area contributed by atoms with E-state index in [4.69, 9.17) is 9.47 Å². The molecule has 0 saturated carbocycles. The number of benzene rings is 2. The predicted molar refractivity (Wildman–Crippen MR) is 79.7 cm³/mol. The molecule has 1 heterocycles. The number of aromatic nitrogens is 1. The summed E-state index contributed by atoms with van der Waals surface area (Å²) < 4.78 is 10.5. The molecule has 1 aromatic heterocycles. The first-order valence-corrected chi connectivity index (χ1v) is 6.47. The number of esters is 1. The van der Waals surface area contributed by atoms with E-state index in [0.29, 0.717) is 17.1 Å². The lowest BCUT2D eigenvalue weighted by atomic mass is 10.1. The highest BCUT2D eigenvalue weighted by molar-refractivity contribution is 5.95. The largest absolute Gasteiger partial charge is 0.497 e. The van der Waals surface area contributed by atoms with Crippen molar-refractivity contribution in [1.29, 1.82) is 0 Å². The molecule has 0 amide bonds. The van der Waals surface area contributed by atoms with E-state index in [1.165, 1.54) is 0 Å². The summed E-state index contributed by atoms with van der Waals surface area (Å²) in [6, 6.07) is 16.0. The number of nitrogens with zero attached hydrogens (tertiary/aromatic N) is 1. The maximum atomic E-state index is 12.2. The number of rotatable bonds is 3. The Kier molecular flexibility index (Phi) is 3.51. The lowest BCUT2D eigenvalue weighted by Crippen LogP contribution is -2.08. The summed E-state index contributed by atoms with van der Waals surface area (Å²) in [6.45, 7) is 0. The standard InChI is InChI=1S/C17H13NO3/c1-20-14-5-2-6-15(11-14)21-17(19)13-7-8-16-12(10-13)4-3-9-18-16/h2-11H,1H3. The predicted octanol–water partition coefficient (Wildman–Crippen LogP) is 3.46. The topological polar surface area (TPSA) is 48.4 Å². The summed E-state index contributed by atoms with van der Waals surface area (Å²) in [7, 11) is 1.57. The van der Waals surface area contributed by atoms with Crippen LogP contribution in [-0.4, -0.2) is 18.1 Å². The Balaban J connectivity index is 1.86. The number of fused-ring (bicyclic) bond motifs is 1. The first kappa shape index (κ1) is 13.1. The van der Waals surface area contributed by atoms with Gasteiger partial charge in [-0.1, -0.05) is 12.1 Å². The zero-order chi connectivity index (χ0) is 14.7. The minimum Gasteiger partial charge on any atom is -0.497 e. The highest BCUT2D eigenvalue weighted by atomic mass is 16.5. The van der Waals surface area contributed by atoms with Gasteiger partial charge in [0.25, 0.3) is 0 Å². The number of ether oxygens (including phenoxy) is 2. The maximum Gasteiger partial charge on any atom is 0.343 e. The van der Waals surface area contributed by atoms with E-state index in [1.807, 2.05) is 12.1 Å². The lowest BCUT2D eigenvalue weighted by Gasteiger charge is -2.06. The normalized spacial score (nSPS) is 10.3. The molecule has 0 aliphatic heterocycles. The summed E-state index contributed by atoms with van der Waals surface area (Å²) in [5.74, 6) is 0.683. The monoisotopic (exact) mass is 279 g/mol. The van der Waals surface area contributed by atoms with Crippen LogP contribution in [0.5, 0.6) is 11.5 Å². The van der Waals surface area contributed by atoms with Crippen LogP contribution in [-0.2, 0) is 0 Å². The van der Waals surface area contributed by atoms with Crippen molar-refractivity contribution in [1.82, 2.24) is 4.98 Å². The van der Waals surface area contributed by atoms with Crippen molar-refractivity contribution >= 4 is 16.9 Å². The van der Waals surface area contributed by atoms with E-state index >= 15 is 0 Å². The average Bonchev–Trinajstić information content (AvgIpc) is 2.54. The lowest BCUT2D eigenvalue weighted by molar-refractivity contribution is 0.0734. The molecule has 0 aliphatic carbocycles. The first-order valence-electron chi connectivity index (χ1n) is 6.47. The smallest absolute Gasteiger partial charge is 0.343 e. The van der Waals surface area contributed by atoms with Crippen LogP contribution in [0.1, 0.15) is 10.4 Å². The fourth-order valence-corrected chi connectivity index (χ4v) is 2.03. The minimum atomic E-state index is -0.408. The van der Waals surface area contributed by atoms with Crippen molar-refractivity contribution in [2.24, 2.45) is 0 Å². The second kappa shape index (κ2) is 5.63. The summed E-state index contributed by atoms with van der Waals surface area (Å²) >= 11 is 0. The molecule has 3 aromatic rings. The molecular formula is C17H13NO3. The van der Waals surface area contributed by atoms with Crippen molar-refractivity contribution in [3.63, 3.8) is 0 Å². The fraction of sp³-hybridized carbons (Fsp3) is 0.0588. The number of pyridine rings is 1. The summed E-state index contributed by atoms with van der Waals surface area (Å²) in [5.41, 5.74) is 1.33. The molecular weight excluding hydrogens is 266 g/mol. The molecule has 104 valence electrons. The van der Waals surface area contributed by atoms with Gasteiger partial charge in [-0.3, -0.25) is 4.98 Å². The molecule has 0 aliphatic rings. The Morgan fingerprint density at radius 1 is 1.00 bits per heavy atom. The van der Waals surface area contributed by atoms with Gasteiger partial charge in [0.05, 0.1) is 18.2 Å². The molecule has 0 atom stereocenters. The van der Waals surface area contributed by atoms with Crippen LogP contribution >= 0.6 is 0 Å². The number of methoxy groups -OCH3 is 1. The van der Waals surface area contributed by atoms with Gasteiger partial charge in [0.1, 0.15) is 11.5 Å². The first-order chi connectivity index (χ1) is 10.3. The zero-order valence-electron chi connectivity index (χ0n) is 11.4. The van der Waals surface area contributed by atoms with Crippen LogP contribution in [0.15, 0.2) is 60.8 Å². The fourth-order valence-electron chi connectivity index (χ4n) is 2.03. The molecule has 3 rings (SSSR count). The molecule has 0 spiro atoms. The van der Waals surface area contributed by atoms with Crippen molar-refractivity contribution in [2.45, 2.75) is 0 Å². The number of hydrogen-bond acceptors (Lipinski definition) is 4. The van der Waals surface area contributed by atoms with E-state index in [9.17, 15) is 4.79 Å². The number of carbonyl (C=O) groups is 1. The van der Waals surface area contributed by atoms with E-state index in [1.54, 1.807) is 55.8 Å². The summed E-state index contributed by atoms with van der Waals surface area (Å²) in [4.78, 5) is 16.4. The van der Waals surface area contributed by atoms with Gasteiger partial charge < -0.3 is 9.47 Å². The van der Waals surface area contributed by atoms with Crippen molar-refractivity contribution < 1.29 is 14.3 Å². The second-order valence-electron chi connectivity index (χ2n) is 4.48. The van der Waals surface area contributed by atoms with Crippen LogP contribution in [0.2, 0.25) is 0 Å². The molecule has 0 unspecified atom stereocenters. The molecule has 2 aromatic carbocycles. The second-order valence-corrected chi connectivity index (χ2v) is 4.48. The van der Waals surface area contributed by atoms with Crippen LogP contribution in [0.4, 0.5) is 0 Å². The van der Waals surface area contributed by atoms with E-state index < -0.39 is 5.97 Å². The van der Waals surface area contributed by atoms with Crippen LogP contribution < -0.4 is 9.47 Å². The Bertz CT molecular complexity index is 799. The van der Waals surface area contributed by atoms with Gasteiger partial charge >= 0.3 is 5.97 Å². The number of hydrogen-bond donors (Lipinski definition) is 0. The van der Waals surface area contributed by atoms with Crippen LogP contribution in [0.3, 0.4) is 0 Å². The SMILES string of the molecule is COc1cccc(OC(=O)c2ccc3ncccc3c2)c1. The highest BCUT2D eigenvalue weighted by Crippen LogP contribution is 2.21. The van der Waals surface area contributed by atoms with Crippen molar-refractivity contribution in [2.75, 3.05) is 7.11 Å². The van der Waals surface area contributed by atoms with Crippen molar-refractivity contribution in [3.8, 4) is 11.5 Å². The Morgan fingerprint density at radius 3 is 2.71 bits per heavy atom. The molecule has 4 nitrogen and oxygen atoms in total. The third-order valence-corrected chi connectivity index (χ3v) is 3.09. The molecule has 0 radical (unpaired) electrons. The minimum absolute atomic E-state index is 0.408. The van der Waals surface area contributed by atoms with Gasteiger partial charge in [0, 0.05) is 17.6 Å². The Labute approximate surface area is 122 Å². The van der Waals surface area contributed by atoms with Gasteiger partial charge in [0.2, 0.25) is 0 Å². The third kappa shape index (κ3) is 2.84. The molecule has 0 saturated heterocycles. The van der Waals surface area contributed by atoms with Crippen LogP contribution in [0, 0.1) is 0 Å². The summed E-state index contributed by atoms with van der Waals surface area (Å²) in [5, 5.41) is 0.901. The van der Waals surface area contributed by atoms with Gasteiger partial charge in [0.15, 0.2) is 0 Å². The van der Waals surface area contributed by atoms with E-state index in [0.717, 1.165) is 10.9 Å². The molecule has 4 heteroatoms. The van der Waals surface area contributed by atoms with Crippen LogP contribution in [0.25, 0.3) is 10.9 Å². The quantitative estimate of drug-likeness (QED) is 0.544. The molecule has 0 N–H and O–H groups in total. The van der Waals surface area contributed by atoms with Crippen molar-refractivity contribution in [3.05, 3.63) is 66.4 Å². The summed E-state index contributed by atoms with van der Waals surface area (Å²) in [6.07, 6.45) is 1.72. The van der Waals surface area contributed by atoms with Gasteiger partial charge in [-0.15, -0.1) is 0 Å². The average molecular weight is 279 g/mol. The molecule has 0 bridgehead atoms. The zero-order valence-corrected chi connectivity index (χ0v) is 11.4. The Hall–Kier alpha value is -2.88. The van der Waals surface area contributed by atoms with Gasteiger partial charge in [-0.25, -0.2) is 4.79 Å². The van der Waals surface area contributed by atoms with E-state index in [2.05, 4.69) is 4.98 Å². The van der Waals surface area contributed by atoms with E-state index in [-0.39, 0.29) is 0 Å². The highest BCUT2D eigenvalue weighted by Gasteiger charge is 2.10. The Morgan fingerprint density at radius 2 is 1.86 bits per heavy atom. The third-order valence-electron chi connectivity index (χ3n) is 3.09. The maximum absolute atomic E-state index is 12.2. The van der Waals surface area contributed by atoms with Gasteiger partial charge in [-0.2, -0.15) is 0 Å². The number of carbonyl (C=O) groups excluding carboxylic acids is 1. The molecule has 0 fully saturated rings. The van der Waals surface area contributed by atoms with Gasteiger partial charge in [-0.05, 0) is 36.4 Å².